The van der Waals surface area contributed by atoms with Crippen molar-refractivity contribution in [2.24, 2.45) is 0 Å². The summed E-state index contributed by atoms with van der Waals surface area (Å²) < 4.78 is 1.01. The topological polar surface area (TPSA) is 91.4 Å². The molecule has 4 rings (SSSR count). The zero-order chi connectivity index (χ0) is 21.1. The van der Waals surface area contributed by atoms with E-state index in [2.05, 4.69) is 15.6 Å². The Kier molecular flexibility index (Phi) is 5.76. The second-order valence-electron chi connectivity index (χ2n) is 7.24. The molecule has 7 nitrogen and oxygen atoms in total. The Balaban J connectivity index is 1.43. The van der Waals surface area contributed by atoms with E-state index in [0.29, 0.717) is 30.2 Å². The molecule has 30 heavy (non-hydrogen) atoms. The zero-order valence-electron chi connectivity index (χ0n) is 16.6. The van der Waals surface area contributed by atoms with Crippen molar-refractivity contribution < 1.29 is 14.4 Å². The smallest absolute Gasteiger partial charge is 0.254 e. The number of thiazole rings is 1. The molecule has 1 unspecified atom stereocenters. The summed E-state index contributed by atoms with van der Waals surface area (Å²) in [5, 5.41) is 6.15. The van der Waals surface area contributed by atoms with Crippen LogP contribution in [0.5, 0.6) is 0 Å². The van der Waals surface area contributed by atoms with E-state index in [1.54, 1.807) is 17.0 Å². The quantitative estimate of drug-likeness (QED) is 0.661. The monoisotopic (exact) mass is 422 g/mol. The van der Waals surface area contributed by atoms with Crippen LogP contribution in [0.2, 0.25) is 0 Å². The number of carbonyl (C=O) groups excluding carboxylic acids is 3. The van der Waals surface area contributed by atoms with Gasteiger partial charge in [-0.1, -0.05) is 35.6 Å². The molecule has 1 saturated heterocycles. The lowest BCUT2D eigenvalue weighted by Crippen LogP contribution is -2.43. The summed E-state index contributed by atoms with van der Waals surface area (Å²) >= 11 is 1.42. The number of hydrogen-bond donors (Lipinski definition) is 2. The number of likely N-dealkylation sites (tertiary alicyclic amines) is 1. The van der Waals surface area contributed by atoms with E-state index in [1.807, 2.05) is 36.4 Å². The summed E-state index contributed by atoms with van der Waals surface area (Å²) in [6.07, 6.45) is 1.41. The van der Waals surface area contributed by atoms with Gasteiger partial charge in [-0.3, -0.25) is 14.4 Å². The van der Waals surface area contributed by atoms with Gasteiger partial charge < -0.3 is 15.5 Å². The molecule has 1 fully saturated rings. The Morgan fingerprint density at radius 2 is 1.90 bits per heavy atom. The summed E-state index contributed by atoms with van der Waals surface area (Å²) in [4.78, 5) is 43.0. The number of aromatic nitrogens is 1. The van der Waals surface area contributed by atoms with E-state index in [0.717, 1.165) is 22.2 Å². The molecular weight excluding hydrogens is 400 g/mol. The first-order chi connectivity index (χ1) is 14.5. The SMILES string of the molecule is CC(=O)NCc1ccc(C(=O)N2CCCC2C(=O)Nc2nc3ccccc3s2)cc1. The number of para-hydroxylation sites is 1. The predicted molar refractivity (Wildman–Crippen MR) is 116 cm³/mol. The van der Waals surface area contributed by atoms with E-state index in [-0.39, 0.29) is 17.7 Å². The third-order valence-corrected chi connectivity index (χ3v) is 6.03. The van der Waals surface area contributed by atoms with Gasteiger partial charge in [0.2, 0.25) is 11.8 Å². The van der Waals surface area contributed by atoms with Crippen LogP contribution in [0.3, 0.4) is 0 Å². The molecule has 0 radical (unpaired) electrons. The molecular formula is C22H22N4O3S. The van der Waals surface area contributed by atoms with Crippen molar-refractivity contribution >= 4 is 44.4 Å². The van der Waals surface area contributed by atoms with Crippen molar-refractivity contribution in [1.82, 2.24) is 15.2 Å². The molecule has 0 bridgehead atoms. The molecule has 3 amide bonds. The molecule has 0 aliphatic carbocycles. The van der Waals surface area contributed by atoms with Gasteiger partial charge in [0.05, 0.1) is 10.2 Å². The molecule has 2 aromatic carbocycles. The van der Waals surface area contributed by atoms with Crippen LogP contribution in [-0.2, 0) is 16.1 Å². The van der Waals surface area contributed by atoms with Gasteiger partial charge in [-0.05, 0) is 42.7 Å². The fraction of sp³-hybridized carbons (Fsp3) is 0.273. The van der Waals surface area contributed by atoms with Crippen molar-refractivity contribution in [2.45, 2.75) is 32.4 Å². The summed E-state index contributed by atoms with van der Waals surface area (Å²) in [5.74, 6) is -0.473. The molecule has 1 aliphatic heterocycles. The van der Waals surface area contributed by atoms with Crippen LogP contribution in [0.25, 0.3) is 10.2 Å². The van der Waals surface area contributed by atoms with Crippen LogP contribution < -0.4 is 10.6 Å². The molecule has 1 atom stereocenters. The number of benzene rings is 2. The number of fused-ring (bicyclic) bond motifs is 1. The molecule has 8 heteroatoms. The van der Waals surface area contributed by atoms with E-state index in [9.17, 15) is 14.4 Å². The minimum atomic E-state index is -0.511. The first-order valence-corrected chi connectivity index (χ1v) is 10.6. The number of rotatable bonds is 5. The number of nitrogens with one attached hydrogen (secondary N) is 2. The molecule has 0 saturated carbocycles. The Bertz CT molecular complexity index is 1060. The average molecular weight is 423 g/mol. The van der Waals surface area contributed by atoms with Gasteiger partial charge in [-0.2, -0.15) is 0 Å². The highest BCUT2D eigenvalue weighted by Crippen LogP contribution is 2.27. The Morgan fingerprint density at radius 1 is 1.13 bits per heavy atom. The molecule has 2 heterocycles. The van der Waals surface area contributed by atoms with Crippen LogP contribution in [0.15, 0.2) is 48.5 Å². The highest BCUT2D eigenvalue weighted by Gasteiger charge is 2.34. The highest BCUT2D eigenvalue weighted by molar-refractivity contribution is 7.22. The lowest BCUT2D eigenvalue weighted by molar-refractivity contribution is -0.120. The van der Waals surface area contributed by atoms with Gasteiger partial charge >= 0.3 is 0 Å². The zero-order valence-corrected chi connectivity index (χ0v) is 17.4. The lowest BCUT2D eigenvalue weighted by Gasteiger charge is -2.23. The lowest BCUT2D eigenvalue weighted by atomic mass is 10.1. The van der Waals surface area contributed by atoms with E-state index >= 15 is 0 Å². The fourth-order valence-corrected chi connectivity index (χ4v) is 4.42. The summed E-state index contributed by atoms with van der Waals surface area (Å²) in [6.45, 7) is 2.43. The molecule has 1 aliphatic rings. The third kappa shape index (κ3) is 4.33. The van der Waals surface area contributed by atoms with Crippen molar-refractivity contribution in [1.29, 1.82) is 0 Å². The Labute approximate surface area is 178 Å². The van der Waals surface area contributed by atoms with Gasteiger partial charge in [0, 0.05) is 25.6 Å². The van der Waals surface area contributed by atoms with Crippen LogP contribution in [0.1, 0.15) is 35.7 Å². The summed E-state index contributed by atoms with van der Waals surface area (Å²) in [7, 11) is 0. The number of amides is 3. The van der Waals surface area contributed by atoms with E-state index in [4.69, 9.17) is 0 Å². The van der Waals surface area contributed by atoms with Gasteiger partial charge in [0.1, 0.15) is 6.04 Å². The minimum absolute atomic E-state index is 0.103. The normalized spacial score (nSPS) is 15.9. The van der Waals surface area contributed by atoms with Gasteiger partial charge in [0.15, 0.2) is 5.13 Å². The summed E-state index contributed by atoms with van der Waals surface area (Å²) in [5.41, 5.74) is 2.28. The van der Waals surface area contributed by atoms with Crippen LogP contribution >= 0.6 is 11.3 Å². The molecule has 154 valence electrons. The number of carbonyl (C=O) groups is 3. The van der Waals surface area contributed by atoms with E-state index in [1.165, 1.54) is 18.3 Å². The first kappa shape index (κ1) is 20.0. The van der Waals surface area contributed by atoms with Crippen LogP contribution in [-0.4, -0.2) is 40.2 Å². The Hall–Kier alpha value is -3.26. The molecule has 3 aromatic rings. The first-order valence-electron chi connectivity index (χ1n) is 9.82. The van der Waals surface area contributed by atoms with E-state index < -0.39 is 6.04 Å². The number of anilines is 1. The van der Waals surface area contributed by atoms with Crippen molar-refractivity contribution in [3.8, 4) is 0 Å². The standard InChI is InChI=1S/C22H22N4O3S/c1-14(27)23-13-15-8-10-16(11-9-15)21(29)26-12-4-6-18(26)20(28)25-22-24-17-5-2-3-7-19(17)30-22/h2-3,5,7-11,18H,4,6,12-13H2,1H3,(H,23,27)(H,24,25,28). The van der Waals surface area contributed by atoms with Crippen molar-refractivity contribution in [3.63, 3.8) is 0 Å². The third-order valence-electron chi connectivity index (χ3n) is 5.08. The fourth-order valence-electron chi connectivity index (χ4n) is 3.55. The largest absolute Gasteiger partial charge is 0.352 e. The number of hydrogen-bond acceptors (Lipinski definition) is 5. The molecule has 0 spiro atoms. The van der Waals surface area contributed by atoms with Gasteiger partial charge in [-0.25, -0.2) is 4.98 Å². The molecule has 1 aromatic heterocycles. The van der Waals surface area contributed by atoms with Gasteiger partial charge in [0.25, 0.3) is 5.91 Å². The van der Waals surface area contributed by atoms with Gasteiger partial charge in [-0.15, -0.1) is 0 Å². The maximum absolute atomic E-state index is 13.0. The van der Waals surface area contributed by atoms with Crippen molar-refractivity contribution in [2.75, 3.05) is 11.9 Å². The van der Waals surface area contributed by atoms with Crippen LogP contribution in [0, 0.1) is 0 Å². The van der Waals surface area contributed by atoms with Crippen molar-refractivity contribution in [3.05, 3.63) is 59.7 Å². The maximum Gasteiger partial charge on any atom is 0.254 e. The second-order valence-corrected chi connectivity index (χ2v) is 8.27. The average Bonchev–Trinajstić information content (AvgIpc) is 3.38. The predicted octanol–water partition coefficient (Wildman–Crippen LogP) is 3.18. The molecule has 2 N–H and O–H groups in total. The highest BCUT2D eigenvalue weighted by atomic mass is 32.1. The minimum Gasteiger partial charge on any atom is -0.352 e. The second kappa shape index (κ2) is 8.62. The summed E-state index contributed by atoms with van der Waals surface area (Å²) in [6, 6.07) is 14.3. The maximum atomic E-state index is 13.0. The number of nitrogens with zero attached hydrogens (tertiary/aromatic N) is 2. The Morgan fingerprint density at radius 3 is 2.63 bits per heavy atom. The van der Waals surface area contributed by atoms with Crippen LogP contribution in [0.4, 0.5) is 5.13 Å².